The van der Waals surface area contributed by atoms with Crippen LogP contribution in [0.3, 0.4) is 0 Å². The second kappa shape index (κ2) is 8.88. The molecule has 0 atom stereocenters. The number of hydrogen-bond donors (Lipinski definition) is 1. The molecule has 1 aliphatic heterocycles. The van der Waals surface area contributed by atoms with Gasteiger partial charge in [-0.2, -0.15) is 0 Å². The number of carbonyl (C=O) groups excluding carboxylic acids is 2. The van der Waals surface area contributed by atoms with Crippen LogP contribution < -0.4 is 19.7 Å². The summed E-state index contributed by atoms with van der Waals surface area (Å²) in [4.78, 5) is 29.1. The molecule has 2 amide bonds. The van der Waals surface area contributed by atoms with Gasteiger partial charge in [0.15, 0.2) is 0 Å². The van der Waals surface area contributed by atoms with E-state index in [0.717, 1.165) is 5.56 Å². The van der Waals surface area contributed by atoms with Gasteiger partial charge in [-0.05, 0) is 62.0 Å². The van der Waals surface area contributed by atoms with E-state index in [4.69, 9.17) is 9.47 Å². The number of hydrogen-bond acceptors (Lipinski definition) is 6. The molecule has 0 saturated carbocycles. The highest BCUT2D eigenvalue weighted by atomic mass is 32.1. The number of benzene rings is 2. The molecular weight excluding hydrogens is 424 g/mol. The number of ether oxygens (including phenoxy) is 2. The molecule has 164 valence electrons. The summed E-state index contributed by atoms with van der Waals surface area (Å²) in [6.45, 7) is 5.75. The van der Waals surface area contributed by atoms with Gasteiger partial charge in [0.05, 0.1) is 30.2 Å². The molecule has 3 aromatic rings. The predicted octanol–water partition coefficient (Wildman–Crippen LogP) is 5.25. The van der Waals surface area contributed by atoms with Crippen molar-refractivity contribution < 1.29 is 19.1 Å². The first-order valence-electron chi connectivity index (χ1n) is 10.2. The summed E-state index contributed by atoms with van der Waals surface area (Å²) in [7, 11) is 1.57. The van der Waals surface area contributed by atoms with Crippen LogP contribution in [0.5, 0.6) is 11.5 Å². The average Bonchev–Trinajstić information content (AvgIpc) is 3.36. The van der Waals surface area contributed by atoms with Crippen molar-refractivity contribution in [2.75, 3.05) is 17.3 Å². The number of imide groups is 1. The molecule has 0 radical (unpaired) electrons. The summed E-state index contributed by atoms with van der Waals surface area (Å²) in [5.74, 6) is 0.216. The fourth-order valence-electron chi connectivity index (χ4n) is 3.56. The van der Waals surface area contributed by atoms with Crippen molar-refractivity contribution >= 4 is 40.1 Å². The highest BCUT2D eigenvalue weighted by Crippen LogP contribution is 2.40. The van der Waals surface area contributed by atoms with Crippen LogP contribution in [0.2, 0.25) is 0 Å². The molecule has 2 aromatic carbocycles. The number of carbonyl (C=O) groups is 2. The zero-order chi connectivity index (χ0) is 22.8. The van der Waals surface area contributed by atoms with Gasteiger partial charge < -0.3 is 14.8 Å². The molecule has 0 bridgehead atoms. The first-order valence-corrected chi connectivity index (χ1v) is 11.1. The Kier molecular flexibility index (Phi) is 6.01. The number of rotatable bonds is 7. The number of aryl methyl sites for hydroxylation is 1. The third-order valence-corrected chi connectivity index (χ3v) is 5.82. The van der Waals surface area contributed by atoms with Crippen LogP contribution in [0, 0.1) is 6.92 Å². The molecule has 0 fully saturated rings. The van der Waals surface area contributed by atoms with Crippen LogP contribution in [0.15, 0.2) is 65.7 Å². The zero-order valence-corrected chi connectivity index (χ0v) is 19.2. The van der Waals surface area contributed by atoms with E-state index in [1.165, 1.54) is 16.2 Å². The third kappa shape index (κ3) is 3.99. The summed E-state index contributed by atoms with van der Waals surface area (Å²) in [5.41, 5.74) is 2.56. The zero-order valence-electron chi connectivity index (χ0n) is 18.3. The number of nitrogens with one attached hydrogen (secondary N) is 1. The van der Waals surface area contributed by atoms with Gasteiger partial charge in [-0.3, -0.25) is 9.59 Å². The number of anilines is 2. The van der Waals surface area contributed by atoms with Crippen molar-refractivity contribution in [2.45, 2.75) is 26.9 Å². The Labute approximate surface area is 191 Å². The summed E-state index contributed by atoms with van der Waals surface area (Å²) in [5, 5.41) is 5.07. The summed E-state index contributed by atoms with van der Waals surface area (Å²) < 4.78 is 11.3. The Morgan fingerprint density at radius 1 is 0.969 bits per heavy atom. The van der Waals surface area contributed by atoms with Crippen molar-refractivity contribution in [3.8, 4) is 11.5 Å². The largest absolute Gasteiger partial charge is 0.495 e. The van der Waals surface area contributed by atoms with Gasteiger partial charge in [0, 0.05) is 4.88 Å². The van der Waals surface area contributed by atoms with Gasteiger partial charge in [-0.1, -0.05) is 24.3 Å². The molecule has 1 aromatic heterocycles. The lowest BCUT2D eigenvalue weighted by molar-refractivity contribution is -0.120. The number of amides is 2. The van der Waals surface area contributed by atoms with Gasteiger partial charge in [-0.15, -0.1) is 11.3 Å². The second-order valence-corrected chi connectivity index (χ2v) is 8.58. The van der Waals surface area contributed by atoms with E-state index < -0.39 is 11.8 Å². The fourth-order valence-corrected chi connectivity index (χ4v) is 4.33. The first kappa shape index (κ1) is 21.6. The van der Waals surface area contributed by atoms with Crippen LogP contribution >= 0.6 is 11.3 Å². The molecule has 0 unspecified atom stereocenters. The molecule has 1 N–H and O–H groups in total. The Bertz CT molecular complexity index is 1200. The quantitative estimate of drug-likeness (QED) is 0.500. The van der Waals surface area contributed by atoms with E-state index >= 15 is 0 Å². The van der Waals surface area contributed by atoms with Gasteiger partial charge in [0.2, 0.25) is 0 Å². The molecule has 32 heavy (non-hydrogen) atoms. The first-order chi connectivity index (χ1) is 15.4. The lowest BCUT2D eigenvalue weighted by Gasteiger charge is -2.20. The monoisotopic (exact) mass is 448 g/mol. The maximum Gasteiger partial charge on any atom is 0.282 e. The minimum absolute atomic E-state index is 0.108. The van der Waals surface area contributed by atoms with Crippen molar-refractivity contribution in [3.05, 3.63) is 76.1 Å². The Morgan fingerprint density at radius 3 is 2.44 bits per heavy atom. The molecule has 0 spiro atoms. The lowest BCUT2D eigenvalue weighted by Crippen LogP contribution is -2.33. The number of thiophene rings is 1. The molecule has 6 nitrogen and oxygen atoms in total. The molecule has 2 heterocycles. The number of methoxy groups -OCH3 is 1. The number of nitrogens with zero attached hydrogens (tertiary/aromatic N) is 1. The van der Waals surface area contributed by atoms with Gasteiger partial charge in [0.1, 0.15) is 17.2 Å². The molecule has 1 aliphatic rings. The van der Waals surface area contributed by atoms with Gasteiger partial charge in [0.25, 0.3) is 11.8 Å². The van der Waals surface area contributed by atoms with E-state index in [1.807, 2.05) is 62.5 Å². The topological polar surface area (TPSA) is 67.9 Å². The summed E-state index contributed by atoms with van der Waals surface area (Å²) in [6, 6.07) is 16.4. The number of para-hydroxylation sites is 2. The highest BCUT2D eigenvalue weighted by molar-refractivity contribution is 7.11. The van der Waals surface area contributed by atoms with Gasteiger partial charge >= 0.3 is 0 Å². The van der Waals surface area contributed by atoms with Crippen LogP contribution in [0.4, 0.5) is 11.4 Å². The smallest absolute Gasteiger partial charge is 0.282 e. The lowest BCUT2D eigenvalue weighted by atomic mass is 10.1. The minimum Gasteiger partial charge on any atom is -0.495 e. The minimum atomic E-state index is -0.443. The summed E-state index contributed by atoms with van der Waals surface area (Å²) >= 11 is 1.41. The van der Waals surface area contributed by atoms with E-state index in [1.54, 1.807) is 25.3 Å². The maximum absolute atomic E-state index is 13.6. The SMILES string of the molecule is COc1ccc(C)cc1NC1=C(c2cccs2)C(=O)N(c2ccccc2OC(C)C)C1=O. The fraction of sp³-hybridized carbons (Fsp3) is 0.200. The van der Waals surface area contributed by atoms with Crippen LogP contribution in [-0.2, 0) is 9.59 Å². The van der Waals surface area contributed by atoms with Crippen LogP contribution in [0.1, 0.15) is 24.3 Å². The van der Waals surface area contributed by atoms with Crippen molar-refractivity contribution in [2.24, 2.45) is 0 Å². The Morgan fingerprint density at radius 2 is 1.75 bits per heavy atom. The van der Waals surface area contributed by atoms with Crippen molar-refractivity contribution in [1.82, 2.24) is 0 Å². The Hall–Kier alpha value is -3.58. The maximum atomic E-state index is 13.6. The van der Waals surface area contributed by atoms with E-state index in [2.05, 4.69) is 5.32 Å². The third-order valence-electron chi connectivity index (χ3n) is 4.93. The van der Waals surface area contributed by atoms with Crippen LogP contribution in [-0.4, -0.2) is 25.0 Å². The standard InChI is InChI=1S/C25H24N2O4S/c1-15(2)31-20-9-6-5-8-18(20)27-24(28)22(21-10-7-13-32-21)23(25(27)29)26-17-14-16(3)11-12-19(17)30-4/h5-15,26H,1-4H3. The van der Waals surface area contributed by atoms with E-state index in [-0.39, 0.29) is 11.8 Å². The van der Waals surface area contributed by atoms with Crippen molar-refractivity contribution in [3.63, 3.8) is 0 Å². The molecule has 0 aliphatic carbocycles. The Balaban J connectivity index is 1.82. The van der Waals surface area contributed by atoms with Crippen LogP contribution in [0.25, 0.3) is 5.57 Å². The molecule has 4 rings (SSSR count). The average molecular weight is 449 g/mol. The van der Waals surface area contributed by atoms with E-state index in [9.17, 15) is 9.59 Å². The molecule has 7 heteroatoms. The predicted molar refractivity (Wildman–Crippen MR) is 127 cm³/mol. The summed E-state index contributed by atoms with van der Waals surface area (Å²) in [6.07, 6.45) is -0.108. The molecule has 0 saturated heterocycles. The second-order valence-electron chi connectivity index (χ2n) is 7.64. The van der Waals surface area contributed by atoms with Gasteiger partial charge in [-0.25, -0.2) is 4.90 Å². The van der Waals surface area contributed by atoms with Crippen molar-refractivity contribution in [1.29, 1.82) is 0 Å². The van der Waals surface area contributed by atoms with E-state index in [0.29, 0.717) is 33.3 Å². The highest BCUT2D eigenvalue weighted by Gasteiger charge is 2.42. The molecular formula is C25H24N2O4S. The normalized spacial score (nSPS) is 13.8.